The van der Waals surface area contributed by atoms with E-state index in [-0.39, 0.29) is 17.9 Å². The van der Waals surface area contributed by atoms with Crippen molar-refractivity contribution in [3.8, 4) is 0 Å². The lowest BCUT2D eigenvalue weighted by atomic mass is 9.81. The van der Waals surface area contributed by atoms with Crippen molar-refractivity contribution in [1.82, 2.24) is 14.5 Å². The monoisotopic (exact) mass is 487 g/mol. The standard InChI is InChI=1S/C29H33N3O4/c1-36-29(35)31-15-14-19-11-13-25-26(24(19)17-31)30-27(20-6-8-21(9-7-20)28(33)34)32(25)23-12-10-18-4-2-3-5-22(18)16-23/h2-5,11,13,20-21,23H,6-10,12,14-17H2,1H3,(H,33,34)/t20?,21?,23-/m0/s1. The Bertz CT molecular complexity index is 1320. The van der Waals surface area contributed by atoms with Gasteiger partial charge in [0.05, 0.1) is 30.6 Å². The second-order valence-electron chi connectivity index (χ2n) is 10.6. The minimum Gasteiger partial charge on any atom is -0.481 e. The van der Waals surface area contributed by atoms with E-state index >= 15 is 0 Å². The summed E-state index contributed by atoms with van der Waals surface area (Å²) >= 11 is 0. The van der Waals surface area contributed by atoms with E-state index in [0.29, 0.717) is 32.0 Å². The summed E-state index contributed by atoms with van der Waals surface area (Å²) in [7, 11) is 1.43. The van der Waals surface area contributed by atoms with Crippen molar-refractivity contribution < 1.29 is 19.4 Å². The number of hydrogen-bond acceptors (Lipinski definition) is 4. The molecule has 7 nitrogen and oxygen atoms in total. The Labute approximate surface area is 211 Å². The lowest BCUT2D eigenvalue weighted by molar-refractivity contribution is -0.142. The van der Waals surface area contributed by atoms with E-state index in [1.165, 1.54) is 23.8 Å². The van der Waals surface area contributed by atoms with E-state index in [2.05, 4.69) is 41.0 Å². The van der Waals surface area contributed by atoms with Gasteiger partial charge in [-0.05, 0) is 74.1 Å². The number of carboxylic acid groups (broad SMARTS) is 1. The maximum absolute atomic E-state index is 12.3. The predicted octanol–water partition coefficient (Wildman–Crippen LogP) is 5.25. The lowest BCUT2D eigenvalue weighted by Crippen LogP contribution is -2.35. The molecule has 0 radical (unpaired) electrons. The highest BCUT2D eigenvalue weighted by atomic mass is 16.5. The summed E-state index contributed by atoms with van der Waals surface area (Å²) in [6, 6.07) is 13.5. The quantitative estimate of drug-likeness (QED) is 0.546. The van der Waals surface area contributed by atoms with Crippen LogP contribution < -0.4 is 0 Å². The molecule has 0 bridgehead atoms. The number of methoxy groups -OCH3 is 1. The fourth-order valence-electron chi connectivity index (χ4n) is 6.67. The van der Waals surface area contributed by atoms with Gasteiger partial charge >= 0.3 is 12.1 Å². The fourth-order valence-corrected chi connectivity index (χ4v) is 6.67. The zero-order chi connectivity index (χ0) is 24.8. The van der Waals surface area contributed by atoms with Gasteiger partial charge in [0.2, 0.25) is 0 Å². The molecule has 1 saturated carbocycles. The summed E-state index contributed by atoms with van der Waals surface area (Å²) < 4.78 is 7.49. The highest BCUT2D eigenvalue weighted by molar-refractivity contribution is 5.82. The molecule has 0 unspecified atom stereocenters. The molecular weight excluding hydrogens is 454 g/mol. The third-order valence-electron chi connectivity index (χ3n) is 8.65. The smallest absolute Gasteiger partial charge is 0.409 e. The molecule has 1 aliphatic heterocycles. The first-order valence-electron chi connectivity index (χ1n) is 13.2. The summed E-state index contributed by atoms with van der Waals surface area (Å²) in [5, 5.41) is 9.52. The minimum absolute atomic E-state index is 0.248. The molecule has 6 rings (SSSR count). The minimum atomic E-state index is -0.678. The lowest BCUT2D eigenvalue weighted by Gasteiger charge is -2.31. The van der Waals surface area contributed by atoms with E-state index in [4.69, 9.17) is 9.72 Å². The molecule has 7 heteroatoms. The SMILES string of the molecule is COC(=O)N1CCc2ccc3c(nc(C4CCC(C(=O)O)CC4)n3[C@H]3CCc4ccccc4C3)c2C1. The van der Waals surface area contributed by atoms with Crippen LogP contribution in [-0.2, 0) is 35.3 Å². The number of nitrogens with zero attached hydrogens (tertiary/aromatic N) is 3. The van der Waals surface area contributed by atoms with Crippen LogP contribution in [0.25, 0.3) is 11.0 Å². The molecule has 1 aromatic heterocycles. The molecule has 188 valence electrons. The number of carbonyl (C=O) groups excluding carboxylic acids is 1. The number of aliphatic carboxylic acids is 1. The van der Waals surface area contributed by atoms with Gasteiger partial charge in [0.1, 0.15) is 5.82 Å². The average Bonchev–Trinajstić information content (AvgIpc) is 3.32. The normalized spacial score (nSPS) is 23.7. The maximum atomic E-state index is 12.3. The number of imidazole rings is 1. The van der Waals surface area contributed by atoms with Crippen molar-refractivity contribution in [2.75, 3.05) is 13.7 Å². The highest BCUT2D eigenvalue weighted by Crippen LogP contribution is 2.41. The van der Waals surface area contributed by atoms with Gasteiger partial charge in [-0.2, -0.15) is 0 Å². The Hall–Kier alpha value is -3.35. The summed E-state index contributed by atoms with van der Waals surface area (Å²) in [5.74, 6) is 0.424. The van der Waals surface area contributed by atoms with Gasteiger partial charge in [-0.15, -0.1) is 0 Å². The van der Waals surface area contributed by atoms with Crippen molar-refractivity contribution in [2.24, 2.45) is 5.92 Å². The predicted molar refractivity (Wildman–Crippen MR) is 136 cm³/mol. The average molecular weight is 488 g/mol. The molecule has 2 heterocycles. The van der Waals surface area contributed by atoms with Crippen LogP contribution in [0.4, 0.5) is 4.79 Å². The van der Waals surface area contributed by atoms with E-state index in [9.17, 15) is 14.7 Å². The largest absolute Gasteiger partial charge is 0.481 e. The van der Waals surface area contributed by atoms with Crippen LogP contribution in [0, 0.1) is 5.92 Å². The van der Waals surface area contributed by atoms with Gasteiger partial charge in [-0.25, -0.2) is 9.78 Å². The number of fused-ring (bicyclic) bond motifs is 4. The first-order valence-corrected chi connectivity index (χ1v) is 13.2. The molecular formula is C29H33N3O4. The van der Waals surface area contributed by atoms with Gasteiger partial charge in [-0.1, -0.05) is 30.3 Å². The van der Waals surface area contributed by atoms with Crippen molar-refractivity contribution >= 4 is 23.1 Å². The fraction of sp³-hybridized carbons (Fsp3) is 0.483. The molecule has 1 N–H and O–H groups in total. The molecule has 0 saturated heterocycles. The number of ether oxygens (including phenoxy) is 1. The highest BCUT2D eigenvalue weighted by Gasteiger charge is 2.34. The van der Waals surface area contributed by atoms with Crippen molar-refractivity contribution in [1.29, 1.82) is 0 Å². The summed E-state index contributed by atoms with van der Waals surface area (Å²) in [5.41, 5.74) is 7.36. The van der Waals surface area contributed by atoms with Crippen molar-refractivity contribution in [2.45, 2.75) is 69.9 Å². The number of carbonyl (C=O) groups is 2. The molecule has 1 fully saturated rings. The van der Waals surface area contributed by atoms with Crippen LogP contribution in [0.3, 0.4) is 0 Å². The van der Waals surface area contributed by atoms with Gasteiger partial charge in [0.15, 0.2) is 0 Å². The van der Waals surface area contributed by atoms with Gasteiger partial charge in [-0.3, -0.25) is 4.79 Å². The summed E-state index contributed by atoms with van der Waals surface area (Å²) in [4.78, 5) is 31.0. The van der Waals surface area contributed by atoms with Gasteiger partial charge in [0.25, 0.3) is 0 Å². The zero-order valence-electron chi connectivity index (χ0n) is 20.8. The maximum Gasteiger partial charge on any atom is 0.409 e. The third kappa shape index (κ3) is 3.94. The Morgan fingerprint density at radius 2 is 1.75 bits per heavy atom. The molecule has 2 aliphatic carbocycles. The number of carboxylic acids is 1. The molecule has 2 aromatic carbocycles. The molecule has 0 spiro atoms. The number of rotatable bonds is 3. The Balaban J connectivity index is 1.43. The van der Waals surface area contributed by atoms with E-state index in [1.807, 2.05) is 0 Å². The van der Waals surface area contributed by atoms with Crippen molar-refractivity contribution in [3.05, 3.63) is 64.5 Å². The van der Waals surface area contributed by atoms with Gasteiger partial charge < -0.3 is 19.3 Å². The zero-order valence-corrected chi connectivity index (χ0v) is 20.8. The Morgan fingerprint density at radius 1 is 0.972 bits per heavy atom. The Morgan fingerprint density at radius 3 is 2.50 bits per heavy atom. The molecule has 3 aromatic rings. The molecule has 3 aliphatic rings. The summed E-state index contributed by atoms with van der Waals surface area (Å²) in [6.45, 7) is 1.16. The number of amides is 1. The molecule has 1 amide bonds. The number of aromatic nitrogens is 2. The van der Waals surface area contributed by atoms with E-state index < -0.39 is 5.97 Å². The van der Waals surface area contributed by atoms with Crippen LogP contribution in [0.1, 0.15) is 72.1 Å². The van der Waals surface area contributed by atoms with E-state index in [1.54, 1.807) is 4.90 Å². The molecule has 1 atom stereocenters. The first-order chi connectivity index (χ1) is 17.5. The first kappa shape index (κ1) is 23.1. The summed E-state index contributed by atoms with van der Waals surface area (Å²) in [6.07, 6.45) is 6.68. The van der Waals surface area contributed by atoms with Crippen LogP contribution in [0.5, 0.6) is 0 Å². The topological polar surface area (TPSA) is 84.7 Å². The molecule has 36 heavy (non-hydrogen) atoms. The Kier molecular flexibility index (Phi) is 5.94. The second kappa shape index (κ2) is 9.26. The van der Waals surface area contributed by atoms with Crippen molar-refractivity contribution in [3.63, 3.8) is 0 Å². The van der Waals surface area contributed by atoms with Crippen LogP contribution in [-0.4, -0.2) is 45.3 Å². The number of hydrogen-bond donors (Lipinski definition) is 1. The van der Waals surface area contributed by atoms with Crippen LogP contribution >= 0.6 is 0 Å². The number of benzene rings is 2. The van der Waals surface area contributed by atoms with E-state index in [0.717, 1.165) is 60.9 Å². The van der Waals surface area contributed by atoms with Crippen LogP contribution in [0.15, 0.2) is 36.4 Å². The van der Waals surface area contributed by atoms with Crippen LogP contribution in [0.2, 0.25) is 0 Å². The number of aryl methyl sites for hydroxylation is 1. The second-order valence-corrected chi connectivity index (χ2v) is 10.6. The van der Waals surface area contributed by atoms with Gasteiger partial charge in [0, 0.05) is 24.1 Å². The third-order valence-corrected chi connectivity index (χ3v) is 8.65.